The maximum absolute atomic E-state index is 13.6. The molecule has 0 radical (unpaired) electrons. The molecule has 4 atom stereocenters. The van der Waals surface area contributed by atoms with E-state index in [9.17, 15) is 32.7 Å². The third-order valence-electron chi connectivity index (χ3n) is 7.31. The number of hydrogen-bond acceptors (Lipinski definition) is 5. The molecule has 3 fully saturated rings. The van der Waals surface area contributed by atoms with E-state index >= 15 is 0 Å². The summed E-state index contributed by atoms with van der Waals surface area (Å²) in [5.74, 6) is -5.10. The van der Waals surface area contributed by atoms with Crippen LogP contribution in [0.5, 0.6) is 5.75 Å². The predicted molar refractivity (Wildman–Crippen MR) is 110 cm³/mol. The average Bonchev–Trinajstić information content (AvgIpc) is 3.23. The number of rotatable bonds is 5. The number of nitrogens with zero attached hydrogens (tertiary/aromatic N) is 1. The second kappa shape index (κ2) is 8.30. The zero-order chi connectivity index (χ0) is 24.1. The monoisotopic (exact) mass is 468 g/mol. The van der Waals surface area contributed by atoms with E-state index in [0.29, 0.717) is 18.4 Å². The van der Waals surface area contributed by atoms with E-state index in [1.54, 1.807) is 13.8 Å². The Hall–Kier alpha value is -2.62. The number of carbonyl (C=O) groups excluding carboxylic acids is 2. The van der Waals surface area contributed by atoms with Crippen LogP contribution in [0.1, 0.15) is 57.6 Å². The second-order valence-electron chi connectivity index (χ2n) is 9.41. The van der Waals surface area contributed by atoms with E-state index in [0.717, 1.165) is 31.4 Å². The lowest BCUT2D eigenvalue weighted by Crippen LogP contribution is -2.59. The van der Waals surface area contributed by atoms with Crippen LogP contribution in [-0.4, -0.2) is 45.7 Å². The molecule has 2 saturated heterocycles. The molecule has 4 rings (SSSR count). The zero-order valence-corrected chi connectivity index (χ0v) is 18.4. The standard InChI is InChI=1S/C23H27F3N2O5/c1-12(2)22(21(31)32)17-16(19(29)28(20(17)30)14-6-4-3-5-7-14)18(27-22)13-8-10-15(11-9-13)33-23(24,25)26/h8-12,14,16-18,27H,3-7H2,1-2H3,(H,31,32). The van der Waals surface area contributed by atoms with Crippen molar-refractivity contribution in [1.82, 2.24) is 10.2 Å². The lowest BCUT2D eigenvalue weighted by Gasteiger charge is -2.36. The summed E-state index contributed by atoms with van der Waals surface area (Å²) in [6, 6.07) is 3.90. The smallest absolute Gasteiger partial charge is 0.480 e. The van der Waals surface area contributed by atoms with Crippen molar-refractivity contribution >= 4 is 17.8 Å². The van der Waals surface area contributed by atoms with Crippen molar-refractivity contribution in [2.45, 2.75) is 69.9 Å². The minimum absolute atomic E-state index is 0.244. The quantitative estimate of drug-likeness (QED) is 0.641. The highest BCUT2D eigenvalue weighted by Crippen LogP contribution is 2.52. The number of amides is 2. The molecule has 33 heavy (non-hydrogen) atoms. The zero-order valence-electron chi connectivity index (χ0n) is 18.4. The van der Waals surface area contributed by atoms with Gasteiger partial charge < -0.3 is 9.84 Å². The Morgan fingerprint density at radius 3 is 2.24 bits per heavy atom. The number of carboxylic acids is 1. The van der Waals surface area contributed by atoms with Crippen molar-refractivity contribution in [3.05, 3.63) is 29.8 Å². The van der Waals surface area contributed by atoms with Crippen LogP contribution < -0.4 is 10.1 Å². The second-order valence-corrected chi connectivity index (χ2v) is 9.41. The largest absolute Gasteiger partial charge is 0.573 e. The fourth-order valence-corrected chi connectivity index (χ4v) is 5.80. The molecule has 1 aliphatic carbocycles. The fraction of sp³-hybridized carbons (Fsp3) is 0.609. The highest BCUT2D eigenvalue weighted by Gasteiger charge is 2.70. The van der Waals surface area contributed by atoms with Crippen LogP contribution in [0.3, 0.4) is 0 Å². The minimum Gasteiger partial charge on any atom is -0.480 e. The van der Waals surface area contributed by atoms with Gasteiger partial charge in [-0.25, -0.2) is 0 Å². The predicted octanol–water partition coefficient (Wildman–Crippen LogP) is 3.64. The molecule has 0 aromatic heterocycles. The molecule has 180 valence electrons. The number of carbonyl (C=O) groups is 3. The maximum atomic E-state index is 13.6. The molecular formula is C23H27F3N2O5. The summed E-state index contributed by atoms with van der Waals surface area (Å²) in [5.41, 5.74) is -1.25. The molecule has 1 aromatic carbocycles. The summed E-state index contributed by atoms with van der Waals surface area (Å²) in [4.78, 5) is 41.0. The van der Waals surface area contributed by atoms with Gasteiger partial charge in [-0.05, 0) is 36.5 Å². The molecule has 2 amide bonds. The van der Waals surface area contributed by atoms with Crippen molar-refractivity contribution in [3.63, 3.8) is 0 Å². The van der Waals surface area contributed by atoms with Gasteiger partial charge in [0.25, 0.3) is 0 Å². The molecule has 2 heterocycles. The molecule has 1 aromatic rings. The molecule has 2 N–H and O–H groups in total. The Morgan fingerprint density at radius 2 is 1.73 bits per heavy atom. The van der Waals surface area contributed by atoms with Crippen LogP contribution in [0.2, 0.25) is 0 Å². The number of benzene rings is 1. The first-order valence-corrected chi connectivity index (χ1v) is 11.2. The Labute approximate surface area is 189 Å². The van der Waals surface area contributed by atoms with Gasteiger partial charge >= 0.3 is 12.3 Å². The molecular weight excluding hydrogens is 441 g/mol. The normalized spacial score (nSPS) is 30.7. The molecule has 3 aliphatic rings. The number of imide groups is 1. The van der Waals surface area contributed by atoms with E-state index in [4.69, 9.17) is 0 Å². The van der Waals surface area contributed by atoms with Gasteiger partial charge in [0.05, 0.1) is 11.8 Å². The van der Waals surface area contributed by atoms with Gasteiger partial charge in [0.15, 0.2) is 0 Å². The van der Waals surface area contributed by atoms with Crippen LogP contribution in [0, 0.1) is 17.8 Å². The summed E-state index contributed by atoms with van der Waals surface area (Å²) >= 11 is 0. The Bertz CT molecular complexity index is 942. The summed E-state index contributed by atoms with van der Waals surface area (Å²) in [6.07, 6.45) is -0.633. The van der Waals surface area contributed by atoms with Crippen LogP contribution >= 0.6 is 0 Å². The van der Waals surface area contributed by atoms with Gasteiger partial charge in [-0.15, -0.1) is 13.2 Å². The number of aliphatic carboxylic acids is 1. The van der Waals surface area contributed by atoms with Gasteiger partial charge in [0.1, 0.15) is 11.3 Å². The van der Waals surface area contributed by atoms with Crippen LogP contribution in [-0.2, 0) is 14.4 Å². The number of fused-ring (bicyclic) bond motifs is 1. The number of hydrogen-bond donors (Lipinski definition) is 2. The fourth-order valence-electron chi connectivity index (χ4n) is 5.80. The van der Waals surface area contributed by atoms with Gasteiger partial charge in [0.2, 0.25) is 11.8 Å². The Balaban J connectivity index is 1.74. The average molecular weight is 468 g/mol. The van der Waals surface area contributed by atoms with Gasteiger partial charge in [-0.1, -0.05) is 45.2 Å². The van der Waals surface area contributed by atoms with E-state index in [2.05, 4.69) is 10.1 Å². The summed E-state index contributed by atoms with van der Waals surface area (Å²) in [5, 5.41) is 13.3. The molecule has 4 unspecified atom stereocenters. The number of likely N-dealkylation sites (tertiary alicyclic amines) is 1. The molecule has 1 saturated carbocycles. The third kappa shape index (κ3) is 3.88. The summed E-state index contributed by atoms with van der Waals surface area (Å²) < 4.78 is 41.5. The van der Waals surface area contributed by atoms with Gasteiger partial charge in [0, 0.05) is 12.1 Å². The van der Waals surface area contributed by atoms with Gasteiger partial charge in [-0.3, -0.25) is 24.6 Å². The van der Waals surface area contributed by atoms with Crippen molar-refractivity contribution in [3.8, 4) is 5.75 Å². The summed E-state index contributed by atoms with van der Waals surface area (Å²) in [6.45, 7) is 3.36. The number of halogens is 3. The lowest BCUT2D eigenvalue weighted by atomic mass is 9.73. The summed E-state index contributed by atoms with van der Waals surface area (Å²) in [7, 11) is 0. The first-order valence-electron chi connectivity index (χ1n) is 11.2. The first-order chi connectivity index (χ1) is 15.5. The van der Waals surface area contributed by atoms with E-state index in [1.165, 1.54) is 17.0 Å². The molecule has 7 nitrogen and oxygen atoms in total. The van der Waals surface area contributed by atoms with Crippen molar-refractivity contribution in [2.75, 3.05) is 0 Å². The minimum atomic E-state index is -4.84. The van der Waals surface area contributed by atoms with Crippen LogP contribution in [0.4, 0.5) is 13.2 Å². The first kappa shape index (κ1) is 23.5. The molecule has 0 bridgehead atoms. The van der Waals surface area contributed by atoms with E-state index in [1.807, 2.05) is 0 Å². The number of ether oxygens (including phenoxy) is 1. The SMILES string of the molecule is CC(C)C1(C(=O)O)NC(c2ccc(OC(F)(F)F)cc2)C2C(=O)N(C3CCCCC3)C(=O)C21. The molecule has 10 heteroatoms. The van der Waals surface area contributed by atoms with Crippen LogP contribution in [0.15, 0.2) is 24.3 Å². The van der Waals surface area contributed by atoms with E-state index in [-0.39, 0.29) is 6.04 Å². The Kier molecular flexibility index (Phi) is 5.92. The van der Waals surface area contributed by atoms with Crippen molar-refractivity contribution < 1.29 is 37.4 Å². The van der Waals surface area contributed by atoms with Gasteiger partial charge in [-0.2, -0.15) is 0 Å². The van der Waals surface area contributed by atoms with Crippen LogP contribution in [0.25, 0.3) is 0 Å². The van der Waals surface area contributed by atoms with Crippen molar-refractivity contribution in [2.24, 2.45) is 17.8 Å². The highest BCUT2D eigenvalue weighted by atomic mass is 19.4. The molecule has 0 spiro atoms. The number of carboxylic acid groups (broad SMARTS) is 1. The third-order valence-corrected chi connectivity index (χ3v) is 7.31. The Morgan fingerprint density at radius 1 is 1.12 bits per heavy atom. The highest BCUT2D eigenvalue weighted by molar-refractivity contribution is 6.09. The van der Waals surface area contributed by atoms with Crippen molar-refractivity contribution in [1.29, 1.82) is 0 Å². The maximum Gasteiger partial charge on any atom is 0.573 e. The molecule has 2 aliphatic heterocycles. The topological polar surface area (TPSA) is 95.9 Å². The number of alkyl halides is 3. The van der Waals surface area contributed by atoms with E-state index < -0.39 is 59.2 Å². The number of nitrogens with one attached hydrogen (secondary N) is 1. The lowest BCUT2D eigenvalue weighted by molar-refractivity contribution is -0.274.